The van der Waals surface area contributed by atoms with E-state index in [1.54, 1.807) is 18.2 Å². The molecule has 2 rings (SSSR count). The Kier molecular flexibility index (Phi) is 7.95. The lowest BCUT2D eigenvalue weighted by molar-refractivity contribution is -0.123. The number of amides is 2. The smallest absolute Gasteiger partial charge is 0.258 e. The van der Waals surface area contributed by atoms with Gasteiger partial charge in [0.25, 0.3) is 5.91 Å². The van der Waals surface area contributed by atoms with Crippen molar-refractivity contribution < 1.29 is 14.3 Å². The lowest BCUT2D eigenvalue weighted by Gasteiger charge is -2.10. The molecule has 0 bridgehead atoms. The molecule has 0 spiro atoms. The minimum atomic E-state index is -0.268. The van der Waals surface area contributed by atoms with Crippen molar-refractivity contribution in [2.75, 3.05) is 11.9 Å². The van der Waals surface area contributed by atoms with E-state index in [1.165, 1.54) is 0 Å². The van der Waals surface area contributed by atoms with Crippen molar-refractivity contribution in [3.63, 3.8) is 0 Å². The Bertz CT molecular complexity index is 810. The Morgan fingerprint density at radius 2 is 1.81 bits per heavy atom. The molecule has 0 aliphatic carbocycles. The molecule has 0 saturated heterocycles. The van der Waals surface area contributed by atoms with Crippen LogP contribution in [0.5, 0.6) is 5.75 Å². The maximum absolute atomic E-state index is 12.0. The number of hydrogen-bond acceptors (Lipinski definition) is 3. The topological polar surface area (TPSA) is 67.4 Å². The maximum Gasteiger partial charge on any atom is 0.258 e. The van der Waals surface area contributed by atoms with Crippen LogP contribution in [0, 0.1) is 5.92 Å². The minimum absolute atomic E-state index is 0.0267. The number of nitrogens with one attached hydrogen (secondary N) is 2. The predicted molar refractivity (Wildman–Crippen MR) is 108 cm³/mol. The second-order valence-electron chi connectivity index (χ2n) is 6.49. The minimum Gasteiger partial charge on any atom is -0.484 e. The molecule has 27 heavy (non-hydrogen) atoms. The maximum atomic E-state index is 12.0. The molecule has 0 aliphatic heterocycles. The number of rotatable bonds is 8. The van der Waals surface area contributed by atoms with E-state index in [9.17, 15) is 9.59 Å². The number of hydrogen-bond donors (Lipinski definition) is 2. The summed E-state index contributed by atoms with van der Waals surface area (Å²) in [6.45, 7) is 4.18. The SMILES string of the molecule is CC(C)CC(=O)Nc1cccc(CNC(=O)COc2ccc(Cl)c(Cl)c2)c1. The molecule has 0 unspecified atom stereocenters. The lowest BCUT2D eigenvalue weighted by Crippen LogP contribution is -2.28. The molecule has 5 nitrogen and oxygen atoms in total. The Labute approximate surface area is 169 Å². The zero-order valence-electron chi connectivity index (χ0n) is 15.2. The van der Waals surface area contributed by atoms with E-state index < -0.39 is 0 Å². The number of halogens is 2. The molecule has 2 aromatic rings. The summed E-state index contributed by atoms with van der Waals surface area (Å²) < 4.78 is 5.39. The predicted octanol–water partition coefficient (Wildman–Crippen LogP) is 4.67. The summed E-state index contributed by atoms with van der Waals surface area (Å²) >= 11 is 11.7. The third-order valence-electron chi connectivity index (χ3n) is 3.56. The fraction of sp³-hybridized carbons (Fsp3) is 0.300. The summed E-state index contributed by atoms with van der Waals surface area (Å²) in [6.07, 6.45) is 0.465. The van der Waals surface area contributed by atoms with Gasteiger partial charge < -0.3 is 15.4 Å². The molecule has 2 amide bonds. The van der Waals surface area contributed by atoms with Gasteiger partial charge in [-0.2, -0.15) is 0 Å². The first-order valence-electron chi connectivity index (χ1n) is 8.57. The van der Waals surface area contributed by atoms with Crippen molar-refractivity contribution in [2.45, 2.75) is 26.8 Å². The second-order valence-corrected chi connectivity index (χ2v) is 7.30. The Morgan fingerprint density at radius 1 is 1.04 bits per heavy atom. The number of carbonyl (C=O) groups excluding carboxylic acids is 2. The van der Waals surface area contributed by atoms with Crippen molar-refractivity contribution in [1.29, 1.82) is 0 Å². The van der Waals surface area contributed by atoms with E-state index in [1.807, 2.05) is 38.1 Å². The first-order valence-corrected chi connectivity index (χ1v) is 9.32. The molecule has 0 radical (unpaired) electrons. The van der Waals surface area contributed by atoms with Gasteiger partial charge in [-0.1, -0.05) is 49.2 Å². The van der Waals surface area contributed by atoms with Gasteiger partial charge in [0, 0.05) is 24.7 Å². The number of ether oxygens (including phenoxy) is 1. The van der Waals surface area contributed by atoms with Crippen LogP contribution in [-0.2, 0) is 16.1 Å². The highest BCUT2D eigenvalue weighted by atomic mass is 35.5. The lowest BCUT2D eigenvalue weighted by atomic mass is 10.1. The highest BCUT2D eigenvalue weighted by molar-refractivity contribution is 6.42. The number of benzene rings is 2. The summed E-state index contributed by atoms with van der Waals surface area (Å²) in [6, 6.07) is 12.2. The third kappa shape index (κ3) is 7.49. The molecule has 0 fully saturated rings. The summed E-state index contributed by atoms with van der Waals surface area (Å²) in [5, 5.41) is 6.42. The Morgan fingerprint density at radius 3 is 2.52 bits per heavy atom. The number of anilines is 1. The van der Waals surface area contributed by atoms with Gasteiger partial charge in [0.15, 0.2) is 6.61 Å². The zero-order valence-corrected chi connectivity index (χ0v) is 16.7. The van der Waals surface area contributed by atoms with Crippen LogP contribution >= 0.6 is 23.2 Å². The molecule has 2 aromatic carbocycles. The van der Waals surface area contributed by atoms with E-state index in [0.717, 1.165) is 5.56 Å². The molecule has 0 heterocycles. The standard InChI is InChI=1S/C20H22Cl2N2O3/c1-13(2)8-19(25)24-15-5-3-4-14(9-15)11-23-20(26)12-27-16-6-7-17(21)18(22)10-16/h3-7,9-10,13H,8,11-12H2,1-2H3,(H,23,26)(H,24,25). The van der Waals surface area contributed by atoms with Crippen LogP contribution in [0.1, 0.15) is 25.8 Å². The van der Waals surface area contributed by atoms with Gasteiger partial charge in [0.05, 0.1) is 10.0 Å². The van der Waals surface area contributed by atoms with E-state index in [2.05, 4.69) is 10.6 Å². The molecule has 0 saturated carbocycles. The van der Waals surface area contributed by atoms with Crippen LogP contribution in [0.25, 0.3) is 0 Å². The van der Waals surface area contributed by atoms with Gasteiger partial charge in [-0.3, -0.25) is 9.59 Å². The van der Waals surface area contributed by atoms with Crippen LogP contribution in [0.15, 0.2) is 42.5 Å². The summed E-state index contributed by atoms with van der Waals surface area (Å²) in [4.78, 5) is 23.8. The van der Waals surface area contributed by atoms with Gasteiger partial charge in [-0.05, 0) is 35.7 Å². The van der Waals surface area contributed by atoms with E-state index in [4.69, 9.17) is 27.9 Å². The van der Waals surface area contributed by atoms with Crippen molar-refractivity contribution in [3.05, 3.63) is 58.1 Å². The normalized spacial score (nSPS) is 10.6. The molecule has 7 heteroatoms. The van der Waals surface area contributed by atoms with Crippen molar-refractivity contribution in [2.24, 2.45) is 5.92 Å². The van der Waals surface area contributed by atoms with Crippen LogP contribution in [-0.4, -0.2) is 18.4 Å². The fourth-order valence-electron chi connectivity index (χ4n) is 2.31. The van der Waals surface area contributed by atoms with Crippen LogP contribution < -0.4 is 15.4 Å². The van der Waals surface area contributed by atoms with Gasteiger partial charge in [-0.25, -0.2) is 0 Å². The van der Waals surface area contributed by atoms with E-state index >= 15 is 0 Å². The molecule has 0 aromatic heterocycles. The highest BCUT2D eigenvalue weighted by Gasteiger charge is 2.07. The molecule has 144 valence electrons. The first-order chi connectivity index (χ1) is 12.8. The molecule has 0 aliphatic rings. The largest absolute Gasteiger partial charge is 0.484 e. The summed E-state index contributed by atoms with van der Waals surface area (Å²) in [7, 11) is 0. The van der Waals surface area contributed by atoms with Crippen LogP contribution in [0.4, 0.5) is 5.69 Å². The molecular formula is C20H22Cl2N2O3. The number of carbonyl (C=O) groups is 2. The van der Waals surface area contributed by atoms with Gasteiger partial charge >= 0.3 is 0 Å². The molecule has 2 N–H and O–H groups in total. The van der Waals surface area contributed by atoms with Gasteiger partial charge in [0.1, 0.15) is 5.75 Å². The van der Waals surface area contributed by atoms with Crippen LogP contribution in [0.3, 0.4) is 0 Å². The van der Waals surface area contributed by atoms with E-state index in [-0.39, 0.29) is 18.4 Å². The van der Waals surface area contributed by atoms with Crippen molar-refractivity contribution in [1.82, 2.24) is 5.32 Å². The van der Waals surface area contributed by atoms with Crippen molar-refractivity contribution >= 4 is 40.7 Å². The fourth-order valence-corrected chi connectivity index (χ4v) is 2.60. The van der Waals surface area contributed by atoms with Gasteiger partial charge in [-0.15, -0.1) is 0 Å². The highest BCUT2D eigenvalue weighted by Crippen LogP contribution is 2.26. The third-order valence-corrected chi connectivity index (χ3v) is 4.29. The monoisotopic (exact) mass is 408 g/mol. The Balaban J connectivity index is 1.81. The van der Waals surface area contributed by atoms with Gasteiger partial charge in [0.2, 0.25) is 5.91 Å². The second kappa shape index (κ2) is 10.2. The first kappa shape index (κ1) is 21.1. The average Bonchev–Trinajstić information content (AvgIpc) is 2.60. The molecule has 0 atom stereocenters. The van der Waals surface area contributed by atoms with E-state index in [0.29, 0.717) is 40.4 Å². The quantitative estimate of drug-likeness (QED) is 0.666. The molecular weight excluding hydrogens is 387 g/mol. The zero-order chi connectivity index (χ0) is 19.8. The Hall–Kier alpha value is -2.24. The summed E-state index contributed by atoms with van der Waals surface area (Å²) in [5.74, 6) is 0.467. The average molecular weight is 409 g/mol. The van der Waals surface area contributed by atoms with Crippen molar-refractivity contribution in [3.8, 4) is 5.75 Å². The summed E-state index contributed by atoms with van der Waals surface area (Å²) in [5.41, 5.74) is 1.58. The van der Waals surface area contributed by atoms with Crippen LogP contribution in [0.2, 0.25) is 10.0 Å².